The van der Waals surface area contributed by atoms with Crippen LogP contribution in [-0.2, 0) is 13.0 Å². The van der Waals surface area contributed by atoms with Crippen molar-refractivity contribution in [2.75, 3.05) is 19.0 Å². The van der Waals surface area contributed by atoms with E-state index in [0.29, 0.717) is 6.61 Å². The maximum Gasteiger partial charge on any atom is 0.142 e. The molecule has 0 radical (unpaired) electrons. The predicted molar refractivity (Wildman–Crippen MR) is 102 cm³/mol. The fourth-order valence-electron chi connectivity index (χ4n) is 2.61. The van der Waals surface area contributed by atoms with Gasteiger partial charge in [-0.1, -0.05) is 54.6 Å². The highest BCUT2D eigenvalue weighted by atomic mass is 16.5. The molecule has 0 saturated carbocycles. The fraction of sp³-hybridized carbons (Fsp3) is 0.182. The number of hydrogen-bond donors (Lipinski definition) is 1. The zero-order chi connectivity index (χ0) is 17.3. The van der Waals surface area contributed by atoms with E-state index >= 15 is 0 Å². The zero-order valence-corrected chi connectivity index (χ0v) is 14.4. The maximum absolute atomic E-state index is 5.98. The van der Waals surface area contributed by atoms with Crippen molar-refractivity contribution in [3.05, 3.63) is 90.0 Å². The van der Waals surface area contributed by atoms with Gasteiger partial charge in [0.2, 0.25) is 0 Å². The number of ether oxygens (including phenoxy) is 2. The van der Waals surface area contributed by atoms with E-state index in [-0.39, 0.29) is 0 Å². The minimum atomic E-state index is 0.567. The Labute approximate surface area is 149 Å². The van der Waals surface area contributed by atoms with E-state index in [1.807, 2.05) is 54.6 Å². The van der Waals surface area contributed by atoms with Crippen LogP contribution in [0.5, 0.6) is 11.5 Å². The monoisotopic (exact) mass is 333 g/mol. The molecule has 0 saturated heterocycles. The third-order valence-corrected chi connectivity index (χ3v) is 4.01. The first-order chi connectivity index (χ1) is 12.3. The summed E-state index contributed by atoms with van der Waals surface area (Å²) in [5.74, 6) is 1.76. The molecule has 3 heteroatoms. The first-order valence-electron chi connectivity index (χ1n) is 8.48. The molecule has 0 aliphatic heterocycles. The maximum atomic E-state index is 5.98. The highest BCUT2D eigenvalue weighted by molar-refractivity contribution is 5.56. The third kappa shape index (κ3) is 5.01. The van der Waals surface area contributed by atoms with Gasteiger partial charge in [0.05, 0.1) is 12.8 Å². The molecule has 0 heterocycles. The topological polar surface area (TPSA) is 30.5 Å². The Morgan fingerprint density at radius 2 is 1.48 bits per heavy atom. The number of rotatable bonds is 8. The van der Waals surface area contributed by atoms with Gasteiger partial charge < -0.3 is 14.8 Å². The van der Waals surface area contributed by atoms with E-state index in [1.165, 1.54) is 5.56 Å². The summed E-state index contributed by atoms with van der Waals surface area (Å²) in [6.45, 7) is 1.41. The quantitative estimate of drug-likeness (QED) is 0.634. The van der Waals surface area contributed by atoms with E-state index in [4.69, 9.17) is 9.47 Å². The Kier molecular flexibility index (Phi) is 5.94. The highest BCUT2D eigenvalue weighted by Crippen LogP contribution is 2.24. The molecule has 0 atom stereocenters. The number of benzene rings is 3. The Hall–Kier alpha value is -2.94. The van der Waals surface area contributed by atoms with E-state index in [9.17, 15) is 0 Å². The third-order valence-electron chi connectivity index (χ3n) is 4.01. The van der Waals surface area contributed by atoms with Crippen LogP contribution in [0.25, 0.3) is 0 Å². The Morgan fingerprint density at radius 1 is 0.760 bits per heavy atom. The first kappa shape index (κ1) is 16.9. The van der Waals surface area contributed by atoms with Gasteiger partial charge in [-0.2, -0.15) is 0 Å². The molecule has 0 aromatic heterocycles. The number of nitrogens with one attached hydrogen (secondary N) is 1. The lowest BCUT2D eigenvalue weighted by molar-refractivity contribution is 0.307. The van der Waals surface area contributed by atoms with Gasteiger partial charge in [0, 0.05) is 6.54 Å². The van der Waals surface area contributed by atoms with Crippen molar-refractivity contribution in [1.29, 1.82) is 0 Å². The summed E-state index contributed by atoms with van der Waals surface area (Å²) in [5.41, 5.74) is 3.46. The van der Waals surface area contributed by atoms with Crippen LogP contribution >= 0.6 is 0 Å². The van der Waals surface area contributed by atoms with Crippen LogP contribution in [0.15, 0.2) is 78.9 Å². The average Bonchev–Trinajstić information content (AvgIpc) is 2.68. The molecule has 0 fully saturated rings. The molecule has 0 aliphatic rings. The largest absolute Gasteiger partial charge is 0.497 e. The molecule has 3 rings (SSSR count). The minimum absolute atomic E-state index is 0.567. The lowest BCUT2D eigenvalue weighted by Crippen LogP contribution is -2.07. The van der Waals surface area contributed by atoms with E-state index in [1.54, 1.807) is 7.11 Å². The molecule has 3 nitrogen and oxygen atoms in total. The van der Waals surface area contributed by atoms with Crippen LogP contribution in [-0.4, -0.2) is 13.7 Å². The zero-order valence-electron chi connectivity index (χ0n) is 14.4. The number of hydrogen-bond acceptors (Lipinski definition) is 3. The molecule has 3 aromatic rings. The fourth-order valence-corrected chi connectivity index (χ4v) is 2.61. The molecular formula is C22H23NO2. The van der Waals surface area contributed by atoms with E-state index in [2.05, 4.69) is 29.6 Å². The standard InChI is InChI=1S/C22H23NO2/c1-24-20-13-11-18(12-14-20)15-16-23-21-9-5-6-10-22(21)25-17-19-7-3-2-4-8-19/h2-14,23H,15-17H2,1H3. The molecule has 25 heavy (non-hydrogen) atoms. The number of anilines is 1. The van der Waals surface area contributed by atoms with Crippen molar-refractivity contribution < 1.29 is 9.47 Å². The lowest BCUT2D eigenvalue weighted by atomic mass is 10.1. The Morgan fingerprint density at radius 3 is 2.24 bits per heavy atom. The molecule has 1 N–H and O–H groups in total. The normalized spacial score (nSPS) is 10.3. The van der Waals surface area contributed by atoms with Crippen LogP contribution < -0.4 is 14.8 Å². The molecule has 0 bridgehead atoms. The average molecular weight is 333 g/mol. The Balaban J connectivity index is 1.55. The van der Waals surface area contributed by atoms with Crippen molar-refractivity contribution in [2.24, 2.45) is 0 Å². The Bertz CT molecular complexity index is 770. The number of methoxy groups -OCH3 is 1. The molecule has 0 aliphatic carbocycles. The van der Waals surface area contributed by atoms with Gasteiger partial charge in [-0.25, -0.2) is 0 Å². The van der Waals surface area contributed by atoms with Crippen LogP contribution in [0, 0.1) is 0 Å². The van der Waals surface area contributed by atoms with Crippen LogP contribution in [0.3, 0.4) is 0 Å². The summed E-state index contributed by atoms with van der Waals surface area (Å²) in [6, 6.07) is 26.4. The molecule has 128 valence electrons. The van der Waals surface area contributed by atoms with Gasteiger partial charge in [0.15, 0.2) is 0 Å². The van der Waals surface area contributed by atoms with Crippen molar-refractivity contribution in [3.63, 3.8) is 0 Å². The smallest absolute Gasteiger partial charge is 0.142 e. The summed E-state index contributed by atoms with van der Waals surface area (Å²) in [4.78, 5) is 0. The van der Waals surface area contributed by atoms with Crippen LogP contribution in [0.2, 0.25) is 0 Å². The second kappa shape index (κ2) is 8.78. The van der Waals surface area contributed by atoms with Gasteiger partial charge in [0.25, 0.3) is 0 Å². The SMILES string of the molecule is COc1ccc(CCNc2ccccc2OCc2ccccc2)cc1. The van der Waals surface area contributed by atoms with Gasteiger partial charge >= 0.3 is 0 Å². The molecule has 0 amide bonds. The van der Waals surface area contributed by atoms with Crippen molar-refractivity contribution in [1.82, 2.24) is 0 Å². The molecule has 0 spiro atoms. The molecular weight excluding hydrogens is 310 g/mol. The summed E-state index contributed by atoms with van der Waals surface area (Å²) < 4.78 is 11.2. The first-order valence-corrected chi connectivity index (χ1v) is 8.48. The lowest BCUT2D eigenvalue weighted by Gasteiger charge is -2.13. The summed E-state index contributed by atoms with van der Waals surface area (Å²) in [6.07, 6.45) is 0.941. The molecule has 0 unspecified atom stereocenters. The van der Waals surface area contributed by atoms with Crippen LogP contribution in [0.4, 0.5) is 5.69 Å². The summed E-state index contributed by atoms with van der Waals surface area (Å²) in [7, 11) is 1.68. The van der Waals surface area contributed by atoms with Gasteiger partial charge in [-0.3, -0.25) is 0 Å². The van der Waals surface area contributed by atoms with E-state index in [0.717, 1.165) is 35.7 Å². The second-order valence-electron chi connectivity index (χ2n) is 5.80. The van der Waals surface area contributed by atoms with E-state index < -0.39 is 0 Å². The van der Waals surface area contributed by atoms with Crippen LogP contribution in [0.1, 0.15) is 11.1 Å². The second-order valence-corrected chi connectivity index (χ2v) is 5.80. The van der Waals surface area contributed by atoms with Gasteiger partial charge in [0.1, 0.15) is 18.1 Å². The summed E-state index contributed by atoms with van der Waals surface area (Å²) >= 11 is 0. The minimum Gasteiger partial charge on any atom is -0.497 e. The van der Waals surface area contributed by atoms with Gasteiger partial charge in [-0.15, -0.1) is 0 Å². The highest BCUT2D eigenvalue weighted by Gasteiger charge is 2.03. The van der Waals surface area contributed by atoms with Gasteiger partial charge in [-0.05, 0) is 41.8 Å². The van der Waals surface area contributed by atoms with Crippen molar-refractivity contribution in [2.45, 2.75) is 13.0 Å². The molecule has 3 aromatic carbocycles. The van der Waals surface area contributed by atoms with Crippen molar-refractivity contribution >= 4 is 5.69 Å². The number of para-hydroxylation sites is 2. The predicted octanol–water partition coefficient (Wildman–Crippen LogP) is 4.93. The summed E-state index contributed by atoms with van der Waals surface area (Å²) in [5, 5.41) is 3.47. The van der Waals surface area contributed by atoms with Crippen molar-refractivity contribution in [3.8, 4) is 11.5 Å².